The molecule has 0 amide bonds. The number of hydrogen-bond acceptors (Lipinski definition) is 1. The summed E-state index contributed by atoms with van der Waals surface area (Å²) in [5.74, 6) is -1.09. The molecule has 0 saturated carbocycles. The van der Waals surface area contributed by atoms with Crippen LogP contribution in [0.5, 0.6) is 0 Å². The Balaban J connectivity index is 1.87. The molecular weight excluding hydrogens is 268 g/mol. The fourth-order valence-corrected chi connectivity index (χ4v) is 3.13. The second-order valence-corrected chi connectivity index (χ2v) is 5.86. The quantitative estimate of drug-likeness (QED) is 0.907. The molecule has 1 atom stereocenters. The number of hydrogen-bond donors (Lipinski definition) is 1. The van der Waals surface area contributed by atoms with Crippen molar-refractivity contribution < 1.29 is 8.78 Å². The molecule has 0 spiro atoms. The summed E-state index contributed by atoms with van der Waals surface area (Å²) in [6.45, 7) is 1.63. The Hall–Kier alpha value is -1.74. The maximum Gasteiger partial charge on any atom is 0.133 e. The Kier molecular flexibility index (Phi) is 3.77. The summed E-state index contributed by atoms with van der Waals surface area (Å²) >= 11 is 0. The maximum atomic E-state index is 14.1. The van der Waals surface area contributed by atoms with Crippen LogP contribution in [0.1, 0.15) is 40.3 Å². The van der Waals surface area contributed by atoms with Gasteiger partial charge in [0.1, 0.15) is 11.6 Å². The maximum absolute atomic E-state index is 14.1. The number of rotatable bonds is 3. The van der Waals surface area contributed by atoms with E-state index in [-0.39, 0.29) is 5.56 Å². The van der Waals surface area contributed by atoms with E-state index in [4.69, 9.17) is 5.73 Å². The number of benzene rings is 2. The molecule has 1 aliphatic rings. The van der Waals surface area contributed by atoms with Crippen molar-refractivity contribution in [3.05, 3.63) is 69.8 Å². The third-order valence-corrected chi connectivity index (χ3v) is 4.31. The molecule has 3 rings (SSSR count). The van der Waals surface area contributed by atoms with Crippen LogP contribution >= 0.6 is 0 Å². The van der Waals surface area contributed by atoms with Gasteiger partial charge >= 0.3 is 0 Å². The lowest BCUT2D eigenvalue weighted by atomic mass is 9.95. The Morgan fingerprint density at radius 3 is 2.67 bits per heavy atom. The van der Waals surface area contributed by atoms with Gasteiger partial charge < -0.3 is 5.73 Å². The minimum atomic E-state index is -0.663. The van der Waals surface area contributed by atoms with Gasteiger partial charge in [-0.3, -0.25) is 0 Å². The van der Waals surface area contributed by atoms with Gasteiger partial charge in [-0.05, 0) is 60.9 Å². The Labute approximate surface area is 123 Å². The van der Waals surface area contributed by atoms with Gasteiger partial charge in [0.25, 0.3) is 0 Å². The summed E-state index contributed by atoms with van der Waals surface area (Å²) < 4.78 is 28.0. The van der Waals surface area contributed by atoms with Crippen molar-refractivity contribution in [3.8, 4) is 0 Å². The van der Waals surface area contributed by atoms with Crippen LogP contribution in [-0.2, 0) is 19.3 Å². The van der Waals surface area contributed by atoms with Crippen LogP contribution in [0.4, 0.5) is 8.78 Å². The molecule has 0 radical (unpaired) electrons. The first kappa shape index (κ1) is 14.2. The zero-order valence-electron chi connectivity index (χ0n) is 12.1. The van der Waals surface area contributed by atoms with E-state index in [2.05, 4.69) is 12.1 Å². The van der Waals surface area contributed by atoms with Crippen molar-refractivity contribution in [3.63, 3.8) is 0 Å². The molecule has 3 heteroatoms. The summed E-state index contributed by atoms with van der Waals surface area (Å²) in [6, 6.07) is 8.34. The molecule has 0 bridgehead atoms. The highest BCUT2D eigenvalue weighted by atomic mass is 19.1. The predicted molar refractivity (Wildman–Crippen MR) is 80.2 cm³/mol. The van der Waals surface area contributed by atoms with Gasteiger partial charge in [0.2, 0.25) is 0 Å². The molecule has 0 fully saturated rings. The summed E-state index contributed by atoms with van der Waals surface area (Å²) in [4.78, 5) is 0. The lowest BCUT2D eigenvalue weighted by Gasteiger charge is -2.16. The number of aryl methyl sites for hydroxylation is 3. The first-order valence-electron chi connectivity index (χ1n) is 7.37. The van der Waals surface area contributed by atoms with E-state index in [1.807, 2.05) is 6.07 Å². The summed E-state index contributed by atoms with van der Waals surface area (Å²) in [6.07, 6.45) is 3.85. The van der Waals surface area contributed by atoms with Crippen molar-refractivity contribution in [2.45, 2.75) is 38.6 Å². The SMILES string of the molecule is Cc1ccc(F)c(C(N)Cc2ccc3c(c2)CCC3)c1F. The first-order chi connectivity index (χ1) is 10.1. The Morgan fingerprint density at radius 2 is 1.86 bits per heavy atom. The zero-order valence-corrected chi connectivity index (χ0v) is 12.1. The van der Waals surface area contributed by atoms with E-state index < -0.39 is 17.7 Å². The molecule has 2 aromatic carbocycles. The molecule has 2 N–H and O–H groups in total. The van der Waals surface area contributed by atoms with Crippen molar-refractivity contribution in [1.82, 2.24) is 0 Å². The van der Waals surface area contributed by atoms with Crippen LogP contribution in [0.2, 0.25) is 0 Å². The van der Waals surface area contributed by atoms with Crippen molar-refractivity contribution >= 4 is 0 Å². The fraction of sp³-hybridized carbons (Fsp3) is 0.333. The van der Waals surface area contributed by atoms with Crippen LogP contribution in [-0.4, -0.2) is 0 Å². The molecule has 21 heavy (non-hydrogen) atoms. The summed E-state index contributed by atoms with van der Waals surface area (Å²) in [5, 5.41) is 0. The second kappa shape index (κ2) is 5.57. The van der Waals surface area contributed by atoms with Gasteiger partial charge in [0.05, 0.1) is 0 Å². The highest BCUT2D eigenvalue weighted by Crippen LogP contribution is 2.27. The topological polar surface area (TPSA) is 26.0 Å². The van der Waals surface area contributed by atoms with Gasteiger partial charge in [-0.25, -0.2) is 8.78 Å². The summed E-state index contributed by atoms with van der Waals surface area (Å²) in [7, 11) is 0. The lowest BCUT2D eigenvalue weighted by molar-refractivity contribution is 0.520. The molecule has 1 nitrogen and oxygen atoms in total. The van der Waals surface area contributed by atoms with Gasteiger partial charge in [-0.2, -0.15) is 0 Å². The van der Waals surface area contributed by atoms with E-state index in [1.54, 1.807) is 6.92 Å². The van der Waals surface area contributed by atoms with Gasteiger partial charge in [0, 0.05) is 11.6 Å². The van der Waals surface area contributed by atoms with Crippen LogP contribution in [0.15, 0.2) is 30.3 Å². The van der Waals surface area contributed by atoms with E-state index in [9.17, 15) is 8.78 Å². The summed E-state index contributed by atoms with van der Waals surface area (Å²) in [5.41, 5.74) is 10.3. The molecular formula is C18H19F2N. The smallest absolute Gasteiger partial charge is 0.133 e. The van der Waals surface area contributed by atoms with E-state index in [0.717, 1.165) is 18.4 Å². The highest BCUT2D eigenvalue weighted by Gasteiger charge is 2.19. The molecule has 1 aliphatic carbocycles. The van der Waals surface area contributed by atoms with Crippen LogP contribution < -0.4 is 5.73 Å². The van der Waals surface area contributed by atoms with Crippen LogP contribution in [0, 0.1) is 18.6 Å². The molecule has 2 aromatic rings. The number of fused-ring (bicyclic) bond motifs is 1. The second-order valence-electron chi connectivity index (χ2n) is 5.86. The number of nitrogens with two attached hydrogens (primary N) is 1. The highest BCUT2D eigenvalue weighted by molar-refractivity contribution is 5.37. The van der Waals surface area contributed by atoms with E-state index in [1.165, 1.54) is 29.7 Å². The standard InChI is InChI=1S/C18H19F2N/c1-11-5-8-15(19)17(18(11)20)16(21)10-12-6-7-13-3-2-4-14(13)9-12/h5-9,16H,2-4,10,21H2,1H3. The molecule has 1 unspecified atom stereocenters. The minimum absolute atomic E-state index is 0.00417. The predicted octanol–water partition coefficient (Wildman–Crippen LogP) is 4.00. The Morgan fingerprint density at radius 1 is 1.10 bits per heavy atom. The minimum Gasteiger partial charge on any atom is -0.323 e. The molecule has 110 valence electrons. The third kappa shape index (κ3) is 2.70. The normalized spacial score (nSPS) is 15.0. The number of halogens is 2. The molecule has 0 aromatic heterocycles. The average molecular weight is 287 g/mol. The largest absolute Gasteiger partial charge is 0.323 e. The fourth-order valence-electron chi connectivity index (χ4n) is 3.13. The van der Waals surface area contributed by atoms with Gasteiger partial charge in [0.15, 0.2) is 0 Å². The Bertz CT molecular complexity index is 679. The molecule has 0 saturated heterocycles. The van der Waals surface area contributed by atoms with Crippen molar-refractivity contribution in [1.29, 1.82) is 0 Å². The first-order valence-corrected chi connectivity index (χ1v) is 7.37. The van der Waals surface area contributed by atoms with Crippen LogP contribution in [0.3, 0.4) is 0 Å². The molecule has 0 aliphatic heterocycles. The van der Waals surface area contributed by atoms with E-state index >= 15 is 0 Å². The third-order valence-electron chi connectivity index (χ3n) is 4.31. The zero-order chi connectivity index (χ0) is 15.0. The van der Waals surface area contributed by atoms with Crippen LogP contribution in [0.25, 0.3) is 0 Å². The average Bonchev–Trinajstić information content (AvgIpc) is 2.91. The molecule has 0 heterocycles. The van der Waals surface area contributed by atoms with E-state index in [0.29, 0.717) is 12.0 Å². The van der Waals surface area contributed by atoms with Crippen molar-refractivity contribution in [2.24, 2.45) is 5.73 Å². The monoisotopic (exact) mass is 287 g/mol. The van der Waals surface area contributed by atoms with Gasteiger partial charge in [-0.15, -0.1) is 0 Å². The lowest BCUT2D eigenvalue weighted by Crippen LogP contribution is -2.17. The van der Waals surface area contributed by atoms with Gasteiger partial charge in [-0.1, -0.05) is 24.3 Å². The van der Waals surface area contributed by atoms with Crippen molar-refractivity contribution in [2.75, 3.05) is 0 Å².